The Kier molecular flexibility index (Phi) is 2.22. The van der Waals surface area contributed by atoms with Crippen LogP contribution in [0.25, 0.3) is 0 Å². The quantitative estimate of drug-likeness (QED) is 0.535. The molecule has 20 heavy (non-hydrogen) atoms. The molecule has 0 aromatic rings. The van der Waals surface area contributed by atoms with Gasteiger partial charge in [-0.15, -0.1) is 0 Å². The van der Waals surface area contributed by atoms with E-state index in [1.54, 1.807) is 34.6 Å². The van der Waals surface area contributed by atoms with Crippen LogP contribution in [-0.4, -0.2) is 28.9 Å². The van der Waals surface area contributed by atoms with Gasteiger partial charge in [-0.25, -0.2) is 0 Å². The molecule has 1 aliphatic heterocycles. The Labute approximate surface area is 117 Å². The molecule has 0 N–H and O–H groups in total. The molecule has 0 unspecified atom stereocenters. The number of rotatable bonds is 1. The summed E-state index contributed by atoms with van der Waals surface area (Å²) in [5.41, 5.74) is -2.29. The van der Waals surface area contributed by atoms with E-state index in [4.69, 9.17) is 9.47 Å². The minimum absolute atomic E-state index is 0.174. The second-order valence-corrected chi connectivity index (χ2v) is 7.05. The van der Waals surface area contributed by atoms with Crippen molar-refractivity contribution in [1.82, 2.24) is 0 Å². The van der Waals surface area contributed by atoms with Crippen LogP contribution in [0.1, 0.15) is 34.6 Å². The Balaban J connectivity index is 2.04. The van der Waals surface area contributed by atoms with Crippen molar-refractivity contribution in [3.05, 3.63) is 11.6 Å². The van der Waals surface area contributed by atoms with Crippen LogP contribution in [0, 0.1) is 17.3 Å². The van der Waals surface area contributed by atoms with Crippen molar-refractivity contribution < 1.29 is 23.9 Å². The van der Waals surface area contributed by atoms with Crippen molar-refractivity contribution in [1.29, 1.82) is 0 Å². The van der Waals surface area contributed by atoms with Gasteiger partial charge in [0.1, 0.15) is 11.2 Å². The zero-order valence-electron chi connectivity index (χ0n) is 12.3. The standard InChI is InChI=1S/C15H18O5/c1-7-6-8(16)9-10-14(7,5)20-12(18)15(9,10)11(17)19-13(2,3)4/h6,9-10H,1-5H3/t9-,10-,14+,15-/m0/s1. The van der Waals surface area contributed by atoms with Crippen LogP contribution in [0.2, 0.25) is 0 Å². The number of fused-ring (bicyclic) bond motifs is 1. The van der Waals surface area contributed by atoms with E-state index in [0.29, 0.717) is 5.57 Å². The van der Waals surface area contributed by atoms with E-state index in [2.05, 4.69) is 0 Å². The maximum Gasteiger partial charge on any atom is 0.325 e. The maximum absolute atomic E-state index is 12.5. The van der Waals surface area contributed by atoms with Gasteiger partial charge in [-0.2, -0.15) is 0 Å². The Morgan fingerprint density at radius 1 is 1.35 bits per heavy atom. The summed E-state index contributed by atoms with van der Waals surface area (Å²) >= 11 is 0. The molecular weight excluding hydrogens is 260 g/mol. The highest BCUT2D eigenvalue weighted by molar-refractivity contribution is 6.16. The van der Waals surface area contributed by atoms with Crippen molar-refractivity contribution in [3.63, 3.8) is 0 Å². The van der Waals surface area contributed by atoms with E-state index in [-0.39, 0.29) is 5.78 Å². The topological polar surface area (TPSA) is 69.7 Å². The maximum atomic E-state index is 12.5. The first-order valence-electron chi connectivity index (χ1n) is 6.74. The van der Waals surface area contributed by atoms with Crippen LogP contribution in [0.15, 0.2) is 11.6 Å². The van der Waals surface area contributed by atoms with Gasteiger partial charge < -0.3 is 9.47 Å². The lowest BCUT2D eigenvalue weighted by Crippen LogP contribution is -2.39. The van der Waals surface area contributed by atoms with Gasteiger partial charge in [-0.1, -0.05) is 0 Å². The SMILES string of the molecule is CC1=CC(=O)[C@H]2[C@@H]3[C@@]2(C(=O)OC(C)(C)C)C(=O)O[C@]13C. The summed E-state index contributed by atoms with van der Waals surface area (Å²) in [5, 5.41) is 0. The summed E-state index contributed by atoms with van der Waals surface area (Å²) in [4.78, 5) is 36.9. The zero-order chi connectivity index (χ0) is 15.1. The molecule has 0 aromatic carbocycles. The number of hydrogen-bond donors (Lipinski definition) is 0. The van der Waals surface area contributed by atoms with Crippen molar-refractivity contribution in [2.24, 2.45) is 17.3 Å². The second-order valence-electron chi connectivity index (χ2n) is 7.05. The summed E-state index contributed by atoms with van der Waals surface area (Å²) in [6.45, 7) is 8.72. The van der Waals surface area contributed by atoms with Crippen molar-refractivity contribution >= 4 is 17.7 Å². The second kappa shape index (κ2) is 3.32. The largest absolute Gasteiger partial charge is 0.459 e. The molecule has 0 radical (unpaired) electrons. The monoisotopic (exact) mass is 278 g/mol. The van der Waals surface area contributed by atoms with E-state index in [1.165, 1.54) is 6.08 Å². The fourth-order valence-corrected chi connectivity index (χ4v) is 3.60. The molecule has 3 aliphatic rings. The lowest BCUT2D eigenvalue weighted by atomic mass is 9.85. The number of carbonyl (C=O) groups is 3. The van der Waals surface area contributed by atoms with Gasteiger partial charge in [0.15, 0.2) is 11.2 Å². The number of ether oxygens (including phenoxy) is 2. The highest BCUT2D eigenvalue weighted by Gasteiger charge is 2.89. The van der Waals surface area contributed by atoms with Gasteiger partial charge in [-0.05, 0) is 46.3 Å². The highest BCUT2D eigenvalue weighted by atomic mass is 16.6. The third-order valence-electron chi connectivity index (χ3n) is 4.63. The minimum Gasteiger partial charge on any atom is -0.459 e. The molecule has 5 nitrogen and oxygen atoms in total. The summed E-state index contributed by atoms with van der Waals surface area (Å²) in [5.74, 6) is -2.47. The van der Waals surface area contributed by atoms with Crippen LogP contribution in [0.3, 0.4) is 0 Å². The van der Waals surface area contributed by atoms with Crippen LogP contribution >= 0.6 is 0 Å². The summed E-state index contributed by atoms with van der Waals surface area (Å²) in [7, 11) is 0. The number of hydrogen-bond acceptors (Lipinski definition) is 5. The summed E-state index contributed by atoms with van der Waals surface area (Å²) in [6, 6.07) is 0. The normalized spacial score (nSPS) is 41.8. The fourth-order valence-electron chi connectivity index (χ4n) is 3.60. The number of esters is 2. The van der Waals surface area contributed by atoms with Crippen LogP contribution in [-0.2, 0) is 23.9 Å². The lowest BCUT2D eigenvalue weighted by Gasteiger charge is -2.30. The third kappa shape index (κ3) is 1.30. The number of ketones is 1. The average Bonchev–Trinajstić information content (AvgIpc) is 2.90. The molecule has 1 heterocycles. The van der Waals surface area contributed by atoms with Gasteiger partial charge in [-0.3, -0.25) is 14.4 Å². The van der Waals surface area contributed by atoms with Crippen molar-refractivity contribution in [2.75, 3.05) is 0 Å². The molecule has 108 valence electrons. The average molecular weight is 278 g/mol. The Morgan fingerprint density at radius 3 is 2.50 bits per heavy atom. The molecule has 0 spiro atoms. The van der Waals surface area contributed by atoms with Crippen LogP contribution in [0.5, 0.6) is 0 Å². The third-order valence-corrected chi connectivity index (χ3v) is 4.63. The fraction of sp³-hybridized carbons (Fsp3) is 0.667. The number of allylic oxidation sites excluding steroid dienone is 1. The number of carbonyl (C=O) groups excluding carboxylic acids is 3. The van der Waals surface area contributed by atoms with Gasteiger partial charge in [0.25, 0.3) is 0 Å². The van der Waals surface area contributed by atoms with Crippen LogP contribution in [0.4, 0.5) is 0 Å². The Bertz CT molecular complexity index is 582. The van der Waals surface area contributed by atoms with Crippen LogP contribution < -0.4 is 0 Å². The van der Waals surface area contributed by atoms with E-state index in [1.807, 2.05) is 0 Å². The van der Waals surface area contributed by atoms with E-state index in [9.17, 15) is 14.4 Å². The molecule has 1 saturated heterocycles. The van der Waals surface area contributed by atoms with Crippen molar-refractivity contribution in [2.45, 2.75) is 45.8 Å². The molecule has 1 saturated carbocycles. The minimum atomic E-state index is -1.42. The zero-order valence-corrected chi connectivity index (χ0v) is 12.3. The first-order valence-corrected chi connectivity index (χ1v) is 6.74. The van der Waals surface area contributed by atoms with Gasteiger partial charge in [0.05, 0.1) is 5.92 Å². The molecule has 0 amide bonds. The van der Waals surface area contributed by atoms with Crippen molar-refractivity contribution in [3.8, 4) is 0 Å². The molecule has 2 aliphatic carbocycles. The summed E-state index contributed by atoms with van der Waals surface area (Å²) < 4.78 is 10.8. The lowest BCUT2D eigenvalue weighted by molar-refractivity contribution is -0.172. The van der Waals surface area contributed by atoms with E-state index < -0.39 is 40.4 Å². The predicted octanol–water partition coefficient (Wildman–Crippen LogP) is 1.41. The molecular formula is C15H18O5. The van der Waals surface area contributed by atoms with Gasteiger partial charge in [0.2, 0.25) is 0 Å². The molecule has 0 aromatic heterocycles. The molecule has 0 bridgehead atoms. The summed E-state index contributed by atoms with van der Waals surface area (Å²) in [6.07, 6.45) is 1.49. The first kappa shape index (κ1) is 13.3. The molecule has 2 fully saturated rings. The smallest absolute Gasteiger partial charge is 0.325 e. The molecule has 3 rings (SSSR count). The predicted molar refractivity (Wildman–Crippen MR) is 68.5 cm³/mol. The van der Waals surface area contributed by atoms with E-state index in [0.717, 1.165) is 0 Å². The van der Waals surface area contributed by atoms with Gasteiger partial charge in [0, 0.05) is 5.92 Å². The Hall–Kier alpha value is -1.65. The molecule has 5 heteroatoms. The highest BCUT2D eigenvalue weighted by Crippen LogP contribution is 2.73. The molecule has 4 atom stereocenters. The Morgan fingerprint density at radius 2 is 1.95 bits per heavy atom. The first-order chi connectivity index (χ1) is 9.05. The van der Waals surface area contributed by atoms with Gasteiger partial charge >= 0.3 is 11.9 Å². The van der Waals surface area contributed by atoms with E-state index >= 15 is 0 Å².